The normalized spacial score (nSPS) is 26.1. The highest BCUT2D eigenvalue weighted by atomic mass is 19.4. The van der Waals surface area contributed by atoms with Gasteiger partial charge in [-0.25, -0.2) is 0 Å². The summed E-state index contributed by atoms with van der Waals surface area (Å²) in [5.41, 5.74) is 0. The Kier molecular flexibility index (Phi) is 3.32. The van der Waals surface area contributed by atoms with Gasteiger partial charge in [0.1, 0.15) is 0 Å². The molecule has 1 N–H and O–H groups in total. The van der Waals surface area contributed by atoms with Gasteiger partial charge in [-0.1, -0.05) is 0 Å². The third-order valence-electron chi connectivity index (χ3n) is 2.94. The van der Waals surface area contributed by atoms with Crippen molar-refractivity contribution in [1.29, 1.82) is 0 Å². The summed E-state index contributed by atoms with van der Waals surface area (Å²) in [4.78, 5) is 1.30. The molecule has 1 aromatic rings. The van der Waals surface area contributed by atoms with E-state index in [4.69, 9.17) is 0 Å². The highest BCUT2D eigenvalue weighted by Gasteiger charge is 2.42. The molecule has 2 unspecified atom stereocenters. The molecule has 2 atom stereocenters. The molecule has 0 radical (unpaired) electrons. The molecule has 1 fully saturated rings. The Morgan fingerprint density at radius 1 is 1.47 bits per heavy atom. The first-order valence-corrected chi connectivity index (χ1v) is 5.48. The molecule has 1 aromatic heterocycles. The summed E-state index contributed by atoms with van der Waals surface area (Å²) in [6.45, 7) is 0.384. The van der Waals surface area contributed by atoms with E-state index in [0.717, 1.165) is 0 Å². The van der Waals surface area contributed by atoms with Crippen molar-refractivity contribution in [2.24, 2.45) is 13.0 Å². The van der Waals surface area contributed by atoms with Gasteiger partial charge in [0, 0.05) is 12.5 Å². The molecule has 0 spiro atoms. The molecule has 2 rings (SSSR count). The third kappa shape index (κ3) is 3.15. The summed E-state index contributed by atoms with van der Waals surface area (Å²) in [5.74, 6) is -0.738. The zero-order valence-corrected chi connectivity index (χ0v) is 9.41. The second kappa shape index (κ2) is 4.59. The van der Waals surface area contributed by atoms with Crippen LogP contribution >= 0.6 is 0 Å². The van der Waals surface area contributed by atoms with Crippen molar-refractivity contribution in [2.75, 3.05) is 6.54 Å². The van der Waals surface area contributed by atoms with E-state index in [1.165, 1.54) is 4.80 Å². The van der Waals surface area contributed by atoms with Gasteiger partial charge in [-0.05, 0) is 24.6 Å². The molecular formula is C9H14F3N5. The number of alkyl halides is 3. The van der Waals surface area contributed by atoms with Crippen LogP contribution in [0.15, 0.2) is 0 Å². The molecule has 0 amide bonds. The minimum atomic E-state index is -4.10. The van der Waals surface area contributed by atoms with Crippen LogP contribution in [0, 0.1) is 5.92 Å². The maximum absolute atomic E-state index is 12.6. The fourth-order valence-corrected chi connectivity index (χ4v) is 2.08. The Bertz CT molecular complexity index is 375. The molecule has 0 aromatic carbocycles. The van der Waals surface area contributed by atoms with Gasteiger partial charge >= 0.3 is 6.18 Å². The van der Waals surface area contributed by atoms with Gasteiger partial charge in [0.2, 0.25) is 0 Å². The van der Waals surface area contributed by atoms with Crippen LogP contribution in [-0.4, -0.2) is 39.0 Å². The smallest absolute Gasteiger partial charge is 0.313 e. The Hall–Kier alpha value is -1.18. The van der Waals surface area contributed by atoms with Crippen LogP contribution in [0.25, 0.3) is 0 Å². The van der Waals surface area contributed by atoms with Crippen LogP contribution in [-0.2, 0) is 13.5 Å². The van der Waals surface area contributed by atoms with Crippen LogP contribution in [0.5, 0.6) is 0 Å². The quantitative estimate of drug-likeness (QED) is 0.837. The van der Waals surface area contributed by atoms with Gasteiger partial charge in [0.15, 0.2) is 5.82 Å². The number of hydrogen-bond acceptors (Lipinski definition) is 4. The molecule has 8 heteroatoms. The summed E-state index contributed by atoms with van der Waals surface area (Å²) in [5, 5.41) is 14.5. The molecule has 96 valence electrons. The van der Waals surface area contributed by atoms with Gasteiger partial charge in [-0.2, -0.15) is 18.0 Å². The van der Waals surface area contributed by atoms with Crippen molar-refractivity contribution in [2.45, 2.75) is 31.5 Å². The largest absolute Gasteiger partial charge is 0.391 e. The number of halogens is 3. The number of rotatable bonds is 2. The zero-order chi connectivity index (χ0) is 12.5. The van der Waals surface area contributed by atoms with E-state index >= 15 is 0 Å². The fraction of sp³-hybridized carbons (Fsp3) is 0.889. The lowest BCUT2D eigenvalue weighted by Gasteiger charge is -2.30. The lowest BCUT2D eigenvalue weighted by Crippen LogP contribution is -2.44. The maximum Gasteiger partial charge on any atom is 0.391 e. The topological polar surface area (TPSA) is 55.6 Å². The first-order chi connectivity index (χ1) is 7.95. The summed E-state index contributed by atoms with van der Waals surface area (Å²) >= 11 is 0. The second-order valence-electron chi connectivity index (χ2n) is 4.31. The summed E-state index contributed by atoms with van der Waals surface area (Å²) < 4.78 is 37.7. The van der Waals surface area contributed by atoms with Crippen LogP contribution in [0.4, 0.5) is 13.2 Å². The van der Waals surface area contributed by atoms with Gasteiger partial charge in [-0.15, -0.1) is 10.2 Å². The Balaban J connectivity index is 1.94. The molecular weight excluding hydrogens is 235 g/mol. The van der Waals surface area contributed by atoms with E-state index < -0.39 is 12.1 Å². The van der Waals surface area contributed by atoms with E-state index in [1.54, 1.807) is 7.05 Å². The van der Waals surface area contributed by atoms with E-state index in [-0.39, 0.29) is 18.9 Å². The van der Waals surface area contributed by atoms with Gasteiger partial charge in [-0.3, -0.25) is 0 Å². The van der Waals surface area contributed by atoms with Crippen molar-refractivity contribution in [1.82, 2.24) is 25.5 Å². The van der Waals surface area contributed by atoms with Gasteiger partial charge in [0.25, 0.3) is 0 Å². The van der Waals surface area contributed by atoms with Crippen molar-refractivity contribution in [3.8, 4) is 0 Å². The molecule has 1 aliphatic heterocycles. The number of nitrogens with one attached hydrogen (secondary N) is 1. The monoisotopic (exact) mass is 249 g/mol. The zero-order valence-electron chi connectivity index (χ0n) is 9.41. The molecule has 0 bridgehead atoms. The SMILES string of the molecule is Cn1nnc(CC2CC(C(F)(F)F)CCN2)n1. The number of piperidine rings is 1. The fourth-order valence-electron chi connectivity index (χ4n) is 2.08. The number of aromatic nitrogens is 4. The van der Waals surface area contributed by atoms with Crippen LogP contribution in [0.2, 0.25) is 0 Å². The van der Waals surface area contributed by atoms with Crippen LogP contribution in [0.1, 0.15) is 18.7 Å². The molecule has 1 saturated heterocycles. The van der Waals surface area contributed by atoms with Crippen LogP contribution in [0.3, 0.4) is 0 Å². The molecule has 1 aliphatic rings. The summed E-state index contributed by atoms with van der Waals surface area (Å²) in [7, 11) is 1.63. The number of hydrogen-bond donors (Lipinski definition) is 1. The van der Waals surface area contributed by atoms with E-state index in [2.05, 4.69) is 20.7 Å². The van der Waals surface area contributed by atoms with Gasteiger partial charge in [0.05, 0.1) is 13.0 Å². The Morgan fingerprint density at radius 3 is 2.82 bits per heavy atom. The minimum Gasteiger partial charge on any atom is -0.313 e. The first kappa shape index (κ1) is 12.3. The first-order valence-electron chi connectivity index (χ1n) is 5.48. The minimum absolute atomic E-state index is 0.0851. The van der Waals surface area contributed by atoms with E-state index in [0.29, 0.717) is 18.8 Å². The third-order valence-corrected chi connectivity index (χ3v) is 2.94. The average molecular weight is 249 g/mol. The highest BCUT2D eigenvalue weighted by molar-refractivity contribution is 4.89. The van der Waals surface area contributed by atoms with Gasteiger partial charge < -0.3 is 5.32 Å². The number of nitrogens with zero attached hydrogens (tertiary/aromatic N) is 4. The summed E-state index contributed by atoms with van der Waals surface area (Å²) in [6, 6.07) is -0.223. The lowest BCUT2D eigenvalue weighted by molar-refractivity contribution is -0.183. The number of tetrazole rings is 1. The molecule has 2 heterocycles. The Morgan fingerprint density at radius 2 is 2.24 bits per heavy atom. The molecule has 0 saturated carbocycles. The van der Waals surface area contributed by atoms with Crippen molar-refractivity contribution in [3.63, 3.8) is 0 Å². The standard InChI is InChI=1S/C9H14F3N5/c1-17-15-8(14-16-17)5-7-4-6(2-3-13-7)9(10,11)12/h6-7,13H,2-5H2,1H3. The van der Waals surface area contributed by atoms with Crippen molar-refractivity contribution < 1.29 is 13.2 Å². The average Bonchev–Trinajstić information content (AvgIpc) is 2.63. The lowest BCUT2D eigenvalue weighted by atomic mass is 9.90. The highest BCUT2D eigenvalue weighted by Crippen LogP contribution is 2.34. The number of aryl methyl sites for hydroxylation is 1. The summed E-state index contributed by atoms with van der Waals surface area (Å²) in [6.07, 6.45) is -3.48. The Labute approximate surface area is 96.4 Å². The molecule has 0 aliphatic carbocycles. The van der Waals surface area contributed by atoms with Crippen molar-refractivity contribution in [3.05, 3.63) is 5.82 Å². The van der Waals surface area contributed by atoms with E-state index in [1.807, 2.05) is 0 Å². The van der Waals surface area contributed by atoms with Crippen LogP contribution < -0.4 is 5.32 Å². The second-order valence-corrected chi connectivity index (χ2v) is 4.31. The maximum atomic E-state index is 12.6. The predicted octanol–water partition coefficient (Wildman–Crippen LogP) is 0.683. The predicted molar refractivity (Wildman–Crippen MR) is 53.1 cm³/mol. The molecule has 17 heavy (non-hydrogen) atoms. The van der Waals surface area contributed by atoms with Crippen molar-refractivity contribution >= 4 is 0 Å². The van der Waals surface area contributed by atoms with E-state index in [9.17, 15) is 13.2 Å². The molecule has 5 nitrogen and oxygen atoms in total.